The van der Waals surface area contributed by atoms with E-state index in [1.54, 1.807) is 15.4 Å². The molecule has 0 aliphatic rings. The molecule has 174 valence electrons. The van der Waals surface area contributed by atoms with Gasteiger partial charge in [-0.15, -0.1) is 0 Å². The SMILES string of the molecule is CCCn1c(=O)c2[nH]c(-c3cnn(Cc4cc(-c5ccccc5)no4)c3)nc2n(CCC)c1=O. The van der Waals surface area contributed by atoms with E-state index in [4.69, 9.17) is 4.52 Å². The average Bonchev–Trinajstić information content (AvgIpc) is 3.60. The van der Waals surface area contributed by atoms with Crippen LogP contribution in [0.15, 0.2) is 62.9 Å². The fraction of sp³-hybridized carbons (Fsp3) is 0.292. The molecule has 0 atom stereocenters. The van der Waals surface area contributed by atoms with Crippen molar-refractivity contribution in [3.8, 4) is 22.6 Å². The molecule has 10 heteroatoms. The van der Waals surface area contributed by atoms with Crippen LogP contribution in [-0.4, -0.2) is 34.0 Å². The second-order valence-corrected chi connectivity index (χ2v) is 8.15. The van der Waals surface area contributed by atoms with E-state index in [-0.39, 0.29) is 11.2 Å². The van der Waals surface area contributed by atoms with Crippen molar-refractivity contribution in [2.24, 2.45) is 0 Å². The van der Waals surface area contributed by atoms with Crippen molar-refractivity contribution < 1.29 is 4.52 Å². The molecule has 0 aliphatic heterocycles. The van der Waals surface area contributed by atoms with E-state index in [1.165, 1.54) is 4.57 Å². The molecule has 1 aromatic carbocycles. The highest BCUT2D eigenvalue weighted by Gasteiger charge is 2.18. The summed E-state index contributed by atoms with van der Waals surface area (Å²) in [5, 5.41) is 8.54. The Balaban J connectivity index is 1.46. The first-order chi connectivity index (χ1) is 16.6. The van der Waals surface area contributed by atoms with Gasteiger partial charge >= 0.3 is 5.69 Å². The van der Waals surface area contributed by atoms with Gasteiger partial charge in [-0.2, -0.15) is 5.10 Å². The van der Waals surface area contributed by atoms with Crippen molar-refractivity contribution in [1.29, 1.82) is 0 Å². The highest BCUT2D eigenvalue weighted by Crippen LogP contribution is 2.21. The Morgan fingerprint density at radius 2 is 1.76 bits per heavy atom. The predicted molar refractivity (Wildman–Crippen MR) is 127 cm³/mol. The summed E-state index contributed by atoms with van der Waals surface area (Å²) in [6.45, 7) is 5.16. The average molecular weight is 460 g/mol. The van der Waals surface area contributed by atoms with Gasteiger partial charge in [0.2, 0.25) is 0 Å². The van der Waals surface area contributed by atoms with Crippen LogP contribution in [0.5, 0.6) is 0 Å². The summed E-state index contributed by atoms with van der Waals surface area (Å²) in [5.41, 5.74) is 2.47. The van der Waals surface area contributed by atoms with Gasteiger partial charge in [-0.1, -0.05) is 49.3 Å². The molecule has 10 nitrogen and oxygen atoms in total. The van der Waals surface area contributed by atoms with Gasteiger partial charge in [-0.25, -0.2) is 9.78 Å². The van der Waals surface area contributed by atoms with Crippen LogP contribution in [0.4, 0.5) is 0 Å². The van der Waals surface area contributed by atoms with Crippen molar-refractivity contribution in [2.75, 3.05) is 0 Å². The fourth-order valence-electron chi connectivity index (χ4n) is 4.01. The van der Waals surface area contributed by atoms with Crippen molar-refractivity contribution in [3.05, 3.63) is 75.4 Å². The maximum absolute atomic E-state index is 12.9. The smallest absolute Gasteiger partial charge is 0.332 e. The summed E-state index contributed by atoms with van der Waals surface area (Å²) in [4.78, 5) is 33.5. The number of imidazole rings is 1. The van der Waals surface area contributed by atoms with Gasteiger partial charge in [-0.3, -0.25) is 18.6 Å². The second kappa shape index (κ2) is 8.97. The number of fused-ring (bicyclic) bond motifs is 1. The molecule has 0 bridgehead atoms. The zero-order chi connectivity index (χ0) is 23.7. The fourth-order valence-corrected chi connectivity index (χ4v) is 4.01. The minimum Gasteiger partial charge on any atom is -0.359 e. The number of aryl methyl sites for hydroxylation is 1. The number of H-pyrrole nitrogens is 1. The summed E-state index contributed by atoms with van der Waals surface area (Å²) in [6, 6.07) is 11.7. The van der Waals surface area contributed by atoms with Crippen molar-refractivity contribution in [3.63, 3.8) is 0 Å². The Labute approximate surface area is 194 Å². The molecule has 1 N–H and O–H groups in total. The lowest BCUT2D eigenvalue weighted by Crippen LogP contribution is -2.40. The highest BCUT2D eigenvalue weighted by molar-refractivity contribution is 5.75. The first-order valence-electron chi connectivity index (χ1n) is 11.4. The summed E-state index contributed by atoms with van der Waals surface area (Å²) >= 11 is 0. The Morgan fingerprint density at radius 1 is 1.00 bits per heavy atom. The van der Waals surface area contributed by atoms with Crippen molar-refractivity contribution in [2.45, 2.75) is 46.3 Å². The predicted octanol–water partition coefficient (Wildman–Crippen LogP) is 3.27. The molecule has 34 heavy (non-hydrogen) atoms. The molecule has 0 aliphatic carbocycles. The third-order valence-corrected chi connectivity index (χ3v) is 5.61. The molecule has 0 saturated heterocycles. The monoisotopic (exact) mass is 459 g/mol. The maximum atomic E-state index is 12.9. The summed E-state index contributed by atoms with van der Waals surface area (Å²) in [6.07, 6.45) is 4.92. The van der Waals surface area contributed by atoms with Crippen LogP contribution in [0.1, 0.15) is 32.4 Å². The van der Waals surface area contributed by atoms with E-state index in [2.05, 4.69) is 20.2 Å². The zero-order valence-electron chi connectivity index (χ0n) is 19.1. The maximum Gasteiger partial charge on any atom is 0.332 e. The van der Waals surface area contributed by atoms with E-state index < -0.39 is 0 Å². The Kier molecular flexibility index (Phi) is 5.70. The molecule has 4 heterocycles. The molecular weight excluding hydrogens is 434 g/mol. The highest BCUT2D eigenvalue weighted by atomic mass is 16.5. The van der Waals surface area contributed by atoms with Crippen LogP contribution in [-0.2, 0) is 19.6 Å². The van der Waals surface area contributed by atoms with Gasteiger partial charge < -0.3 is 9.51 Å². The van der Waals surface area contributed by atoms with Gasteiger partial charge in [0.15, 0.2) is 11.4 Å². The molecule has 5 aromatic rings. The van der Waals surface area contributed by atoms with Crippen LogP contribution < -0.4 is 11.2 Å². The Hall–Kier alpha value is -4.21. The van der Waals surface area contributed by atoms with Crippen molar-refractivity contribution >= 4 is 11.2 Å². The van der Waals surface area contributed by atoms with Gasteiger partial charge in [-0.05, 0) is 12.8 Å². The number of nitrogens with one attached hydrogen (secondary N) is 1. The number of rotatable bonds is 8. The largest absolute Gasteiger partial charge is 0.359 e. The van der Waals surface area contributed by atoms with Crippen LogP contribution in [0.2, 0.25) is 0 Å². The number of nitrogens with zero attached hydrogens (tertiary/aromatic N) is 6. The Bertz CT molecular complexity index is 1550. The van der Waals surface area contributed by atoms with Gasteiger partial charge in [0.1, 0.15) is 23.6 Å². The molecular formula is C24H25N7O3. The van der Waals surface area contributed by atoms with E-state index in [0.29, 0.717) is 54.4 Å². The first-order valence-corrected chi connectivity index (χ1v) is 11.4. The van der Waals surface area contributed by atoms with E-state index >= 15 is 0 Å². The second-order valence-electron chi connectivity index (χ2n) is 8.15. The number of hydrogen-bond donors (Lipinski definition) is 1. The molecule has 5 rings (SSSR count). The summed E-state index contributed by atoms with van der Waals surface area (Å²) in [5.74, 6) is 1.15. The lowest BCUT2D eigenvalue weighted by molar-refractivity contribution is 0.373. The number of hydrogen-bond acceptors (Lipinski definition) is 6. The normalized spacial score (nSPS) is 11.5. The number of benzene rings is 1. The topological polar surface area (TPSA) is 117 Å². The molecule has 0 saturated carbocycles. The molecule has 4 aromatic heterocycles. The Morgan fingerprint density at radius 3 is 2.53 bits per heavy atom. The minimum atomic E-state index is -0.351. The van der Waals surface area contributed by atoms with Gasteiger partial charge in [0, 0.05) is 30.9 Å². The lowest BCUT2D eigenvalue weighted by atomic mass is 10.1. The summed E-state index contributed by atoms with van der Waals surface area (Å²) in [7, 11) is 0. The van der Waals surface area contributed by atoms with Crippen LogP contribution in [0.25, 0.3) is 33.8 Å². The molecule has 0 radical (unpaired) electrons. The molecule has 0 amide bonds. The van der Waals surface area contributed by atoms with Gasteiger partial charge in [0.05, 0.1) is 11.8 Å². The standard InChI is InChI=1S/C24H25N7O3/c1-3-10-30-22-20(23(32)31(11-4-2)24(30)33)26-21(27-22)17-13-25-29(14-17)15-18-12-19(28-34-18)16-8-6-5-7-9-16/h5-9,12-14H,3-4,10-11,15H2,1-2H3,(H,26,27). The van der Waals surface area contributed by atoms with Gasteiger partial charge in [0.25, 0.3) is 5.56 Å². The van der Waals surface area contributed by atoms with Crippen LogP contribution in [0, 0.1) is 0 Å². The molecule has 0 spiro atoms. The third kappa shape index (κ3) is 3.87. The van der Waals surface area contributed by atoms with Crippen LogP contribution >= 0.6 is 0 Å². The van der Waals surface area contributed by atoms with E-state index in [0.717, 1.165) is 17.7 Å². The molecule has 0 fully saturated rings. The van der Waals surface area contributed by atoms with E-state index in [9.17, 15) is 9.59 Å². The summed E-state index contributed by atoms with van der Waals surface area (Å²) < 4.78 is 10.0. The van der Waals surface area contributed by atoms with E-state index in [1.807, 2.05) is 56.4 Å². The minimum absolute atomic E-state index is 0.325. The first kappa shape index (κ1) is 21.6. The zero-order valence-corrected chi connectivity index (χ0v) is 19.1. The molecule has 0 unspecified atom stereocenters. The number of aromatic amines is 1. The van der Waals surface area contributed by atoms with Crippen LogP contribution in [0.3, 0.4) is 0 Å². The quantitative estimate of drug-likeness (QED) is 0.381. The third-order valence-electron chi connectivity index (χ3n) is 5.61. The lowest BCUT2D eigenvalue weighted by Gasteiger charge is -2.09. The van der Waals surface area contributed by atoms with Crippen molar-refractivity contribution in [1.82, 2.24) is 34.0 Å². The number of aromatic nitrogens is 7.